The molecule has 4 nitrogen and oxygen atoms in total. The van der Waals surface area contributed by atoms with Gasteiger partial charge in [0.15, 0.2) is 0 Å². The number of aromatic nitrogens is 1. The van der Waals surface area contributed by atoms with Crippen LogP contribution in [0.25, 0.3) is 0 Å². The second kappa shape index (κ2) is 10.4. The monoisotopic (exact) mass is 454 g/mol. The molecular weight excluding hydrogens is 428 g/mol. The van der Waals surface area contributed by atoms with Crippen molar-refractivity contribution in [2.24, 2.45) is 0 Å². The maximum atomic E-state index is 9.65. The summed E-state index contributed by atoms with van der Waals surface area (Å²) in [6, 6.07) is 18.7. The minimum atomic E-state index is 0.0415. The molecule has 0 aliphatic carbocycles. The van der Waals surface area contributed by atoms with Crippen LogP contribution in [0.5, 0.6) is 5.88 Å². The lowest BCUT2D eigenvalue weighted by Crippen LogP contribution is -2.25. The van der Waals surface area contributed by atoms with E-state index in [1.807, 2.05) is 0 Å². The predicted molar refractivity (Wildman–Crippen MR) is 128 cm³/mol. The van der Waals surface area contributed by atoms with Gasteiger partial charge < -0.3 is 14.7 Å². The maximum Gasteiger partial charge on any atom is 0.232 e. The number of anilines is 1. The predicted octanol–water partition coefficient (Wildman–Crippen LogP) is 5.64. The molecular formula is C25H27ClN2O2S. The van der Waals surface area contributed by atoms with Gasteiger partial charge in [-0.05, 0) is 60.4 Å². The summed E-state index contributed by atoms with van der Waals surface area (Å²) in [5, 5.41) is 10.2. The van der Waals surface area contributed by atoms with Gasteiger partial charge in [-0.25, -0.2) is 4.98 Å². The Balaban J connectivity index is 1.50. The molecule has 2 aromatic carbocycles. The van der Waals surface area contributed by atoms with Crippen LogP contribution >= 0.6 is 23.4 Å². The van der Waals surface area contributed by atoms with Crippen molar-refractivity contribution >= 4 is 29.1 Å². The summed E-state index contributed by atoms with van der Waals surface area (Å²) < 4.78 is 6.05. The summed E-state index contributed by atoms with van der Waals surface area (Å²) in [5.41, 5.74) is 3.69. The highest BCUT2D eigenvalue weighted by atomic mass is 35.5. The van der Waals surface area contributed by atoms with Crippen LogP contribution in [-0.4, -0.2) is 35.9 Å². The molecule has 0 spiro atoms. The van der Waals surface area contributed by atoms with Gasteiger partial charge in [-0.1, -0.05) is 48.5 Å². The van der Waals surface area contributed by atoms with Gasteiger partial charge in [0.1, 0.15) is 11.1 Å². The van der Waals surface area contributed by atoms with Gasteiger partial charge in [-0.15, -0.1) is 0 Å². The summed E-state index contributed by atoms with van der Waals surface area (Å²) >= 11 is 7.98. The van der Waals surface area contributed by atoms with E-state index in [0.717, 1.165) is 31.5 Å². The van der Waals surface area contributed by atoms with Crippen LogP contribution in [0.1, 0.15) is 24.5 Å². The van der Waals surface area contributed by atoms with Gasteiger partial charge >= 0.3 is 0 Å². The highest BCUT2D eigenvalue weighted by Crippen LogP contribution is 2.35. The maximum absolute atomic E-state index is 9.65. The first-order chi connectivity index (χ1) is 15.2. The number of ether oxygens (including phenoxy) is 1. The molecule has 1 atom stereocenters. The Morgan fingerprint density at radius 3 is 2.84 bits per heavy atom. The minimum Gasteiger partial charge on any atom is -0.471 e. The molecule has 31 heavy (non-hydrogen) atoms. The molecule has 0 saturated carbocycles. The Hall–Kier alpha value is -2.21. The summed E-state index contributed by atoms with van der Waals surface area (Å²) in [5.74, 6) is 0.493. The zero-order valence-electron chi connectivity index (χ0n) is 17.6. The van der Waals surface area contributed by atoms with E-state index < -0.39 is 0 Å². The molecule has 1 aliphatic rings. The summed E-state index contributed by atoms with van der Waals surface area (Å²) in [6.07, 6.45) is 4.29. The molecule has 1 fully saturated rings. The molecule has 3 aromatic rings. The number of halogens is 1. The molecule has 1 saturated heterocycles. The van der Waals surface area contributed by atoms with E-state index in [2.05, 4.69) is 59.3 Å². The van der Waals surface area contributed by atoms with E-state index in [9.17, 15) is 5.11 Å². The first-order valence-corrected chi connectivity index (χ1v) is 11.9. The zero-order valence-corrected chi connectivity index (χ0v) is 19.2. The Bertz CT molecular complexity index is 1030. The lowest BCUT2D eigenvalue weighted by Gasteiger charge is -2.23. The normalized spacial score (nSPS) is 16.0. The molecule has 0 amide bonds. The average molecular weight is 455 g/mol. The lowest BCUT2D eigenvalue weighted by molar-refractivity contribution is 0.216. The molecule has 1 aromatic heterocycles. The second-order valence-electron chi connectivity index (χ2n) is 7.59. The molecule has 6 heteroatoms. The van der Waals surface area contributed by atoms with E-state index in [4.69, 9.17) is 16.3 Å². The average Bonchev–Trinajstić information content (AvgIpc) is 3.24. The smallest absolute Gasteiger partial charge is 0.232 e. The van der Waals surface area contributed by atoms with Crippen molar-refractivity contribution in [1.82, 2.24) is 4.98 Å². The Kier molecular flexibility index (Phi) is 7.38. The van der Waals surface area contributed by atoms with Crippen molar-refractivity contribution in [2.45, 2.75) is 42.1 Å². The van der Waals surface area contributed by atoms with Gasteiger partial charge in [-0.2, -0.15) is 0 Å². The highest BCUT2D eigenvalue weighted by molar-refractivity contribution is 7.99. The molecule has 0 bridgehead atoms. The number of aliphatic hydroxyl groups excluding tert-OH is 1. The van der Waals surface area contributed by atoms with Crippen LogP contribution in [0.3, 0.4) is 0 Å². The summed E-state index contributed by atoms with van der Waals surface area (Å²) in [6.45, 7) is 3.99. The van der Waals surface area contributed by atoms with E-state index in [0.29, 0.717) is 17.3 Å². The number of aryl methyl sites for hydroxylation is 1. The number of hydrogen-bond acceptors (Lipinski definition) is 5. The SMILES string of the molecule is CCc1ccccc1Sc1ccc(N2CCC(Oc3ncccc3Cl)C2)c(CCO)c1. The van der Waals surface area contributed by atoms with Gasteiger partial charge in [0.05, 0.1) is 6.54 Å². The molecule has 1 aliphatic heterocycles. The molecule has 4 rings (SSSR count). The van der Waals surface area contributed by atoms with Crippen LogP contribution < -0.4 is 9.64 Å². The largest absolute Gasteiger partial charge is 0.471 e. The Morgan fingerprint density at radius 2 is 2.03 bits per heavy atom. The van der Waals surface area contributed by atoms with Crippen molar-refractivity contribution in [3.05, 3.63) is 76.9 Å². The topological polar surface area (TPSA) is 45.6 Å². The number of hydrogen-bond donors (Lipinski definition) is 1. The first-order valence-electron chi connectivity index (χ1n) is 10.7. The van der Waals surface area contributed by atoms with Crippen molar-refractivity contribution in [2.75, 3.05) is 24.6 Å². The Morgan fingerprint density at radius 1 is 1.16 bits per heavy atom. The van der Waals surface area contributed by atoms with Crippen LogP contribution in [0.2, 0.25) is 5.02 Å². The lowest BCUT2D eigenvalue weighted by atomic mass is 10.1. The van der Waals surface area contributed by atoms with Crippen molar-refractivity contribution < 1.29 is 9.84 Å². The van der Waals surface area contributed by atoms with E-state index in [1.165, 1.54) is 21.0 Å². The molecule has 1 unspecified atom stereocenters. The third-order valence-electron chi connectivity index (χ3n) is 5.50. The summed E-state index contributed by atoms with van der Waals surface area (Å²) in [7, 11) is 0. The van der Waals surface area contributed by atoms with E-state index in [-0.39, 0.29) is 12.7 Å². The van der Waals surface area contributed by atoms with E-state index >= 15 is 0 Å². The van der Waals surface area contributed by atoms with Crippen LogP contribution in [-0.2, 0) is 12.8 Å². The number of aliphatic hydroxyl groups is 1. The third-order valence-corrected chi connectivity index (χ3v) is 6.90. The first kappa shape index (κ1) is 22.0. The van der Waals surface area contributed by atoms with Crippen molar-refractivity contribution in [1.29, 1.82) is 0 Å². The van der Waals surface area contributed by atoms with Crippen LogP contribution in [0.4, 0.5) is 5.69 Å². The fourth-order valence-electron chi connectivity index (χ4n) is 3.94. The fourth-order valence-corrected chi connectivity index (χ4v) is 5.18. The molecule has 0 radical (unpaired) electrons. The van der Waals surface area contributed by atoms with Gasteiger partial charge in [0, 0.05) is 41.2 Å². The number of benzene rings is 2. The fraction of sp³-hybridized carbons (Fsp3) is 0.320. The number of rotatable bonds is 8. The van der Waals surface area contributed by atoms with Gasteiger partial charge in [-0.3, -0.25) is 0 Å². The quantitative estimate of drug-likeness (QED) is 0.477. The highest BCUT2D eigenvalue weighted by Gasteiger charge is 2.26. The molecule has 1 N–H and O–H groups in total. The number of nitrogens with zero attached hydrogens (tertiary/aromatic N) is 2. The second-order valence-corrected chi connectivity index (χ2v) is 9.11. The Labute approximate surface area is 193 Å². The van der Waals surface area contributed by atoms with Crippen LogP contribution in [0, 0.1) is 0 Å². The third kappa shape index (κ3) is 5.35. The van der Waals surface area contributed by atoms with E-state index in [1.54, 1.807) is 30.1 Å². The molecule has 2 heterocycles. The summed E-state index contributed by atoms with van der Waals surface area (Å²) in [4.78, 5) is 9.06. The van der Waals surface area contributed by atoms with Crippen molar-refractivity contribution in [3.8, 4) is 5.88 Å². The van der Waals surface area contributed by atoms with Gasteiger partial charge in [0.25, 0.3) is 0 Å². The van der Waals surface area contributed by atoms with Crippen molar-refractivity contribution in [3.63, 3.8) is 0 Å². The minimum absolute atomic E-state index is 0.0415. The van der Waals surface area contributed by atoms with Gasteiger partial charge in [0.2, 0.25) is 5.88 Å². The standard InChI is InChI=1S/C25H27ClN2O2S/c1-2-18-6-3-4-8-24(18)31-21-9-10-23(19(16-21)12-15-29)28-14-11-20(17-28)30-25-22(26)7-5-13-27-25/h3-10,13,16,20,29H,2,11-12,14-15,17H2,1H3. The van der Waals surface area contributed by atoms with Crippen LogP contribution in [0.15, 0.2) is 70.6 Å². The zero-order chi connectivity index (χ0) is 21.6. The molecule has 162 valence electrons. The number of pyridine rings is 1.